The van der Waals surface area contributed by atoms with Crippen LogP contribution in [0.15, 0.2) is 41.6 Å². The van der Waals surface area contributed by atoms with Crippen molar-refractivity contribution in [1.82, 2.24) is 15.0 Å². The van der Waals surface area contributed by atoms with Crippen LogP contribution in [0.2, 0.25) is 0 Å². The van der Waals surface area contributed by atoms with Gasteiger partial charge >= 0.3 is 0 Å². The number of aryl methyl sites for hydroxylation is 2. The number of methoxy groups -OCH3 is 1. The first-order valence-electron chi connectivity index (χ1n) is 7.68. The van der Waals surface area contributed by atoms with E-state index in [1.165, 1.54) is 13.3 Å². The zero-order chi connectivity index (χ0) is 18.4. The fraction of sp³-hybridized carbons (Fsp3) is 0.294. The molecule has 0 unspecified atom stereocenters. The SMILES string of the molecule is COc1cc(C)c(C)cc1S(=O)(=O)NCCNC(=O)c1cccnc1. The molecule has 0 aliphatic carbocycles. The smallest absolute Gasteiger partial charge is 0.252 e. The topological polar surface area (TPSA) is 97.4 Å². The first-order valence-corrected chi connectivity index (χ1v) is 9.16. The van der Waals surface area contributed by atoms with E-state index < -0.39 is 10.0 Å². The number of hydrogen-bond acceptors (Lipinski definition) is 5. The zero-order valence-electron chi connectivity index (χ0n) is 14.4. The van der Waals surface area contributed by atoms with E-state index in [0.717, 1.165) is 11.1 Å². The number of rotatable bonds is 7. The van der Waals surface area contributed by atoms with Crippen LogP contribution in [0.5, 0.6) is 5.75 Å². The summed E-state index contributed by atoms with van der Waals surface area (Å²) in [6.45, 7) is 3.93. The molecule has 25 heavy (non-hydrogen) atoms. The molecule has 0 saturated heterocycles. The number of benzene rings is 1. The van der Waals surface area contributed by atoms with Gasteiger partial charge in [0.05, 0.1) is 12.7 Å². The van der Waals surface area contributed by atoms with Crippen molar-refractivity contribution in [3.63, 3.8) is 0 Å². The summed E-state index contributed by atoms with van der Waals surface area (Å²) in [5.74, 6) is -0.0222. The summed E-state index contributed by atoms with van der Waals surface area (Å²) in [4.78, 5) is 15.8. The molecule has 134 valence electrons. The summed E-state index contributed by atoms with van der Waals surface area (Å²) in [7, 11) is -2.32. The quantitative estimate of drug-likeness (QED) is 0.725. The van der Waals surface area contributed by atoms with Crippen molar-refractivity contribution >= 4 is 15.9 Å². The minimum Gasteiger partial charge on any atom is -0.495 e. The fourth-order valence-electron chi connectivity index (χ4n) is 2.17. The number of nitrogens with zero attached hydrogens (tertiary/aromatic N) is 1. The molecule has 0 bridgehead atoms. The molecular weight excluding hydrogens is 342 g/mol. The number of hydrogen-bond donors (Lipinski definition) is 2. The van der Waals surface area contributed by atoms with Gasteiger partial charge in [0.2, 0.25) is 10.0 Å². The van der Waals surface area contributed by atoms with Crippen LogP contribution < -0.4 is 14.8 Å². The van der Waals surface area contributed by atoms with Crippen LogP contribution in [0.1, 0.15) is 21.5 Å². The zero-order valence-corrected chi connectivity index (χ0v) is 15.2. The maximum atomic E-state index is 12.5. The van der Waals surface area contributed by atoms with Crippen molar-refractivity contribution < 1.29 is 17.9 Å². The maximum absolute atomic E-state index is 12.5. The molecule has 0 atom stereocenters. The minimum atomic E-state index is -3.74. The lowest BCUT2D eigenvalue weighted by atomic mass is 10.1. The molecule has 7 nitrogen and oxygen atoms in total. The number of pyridine rings is 1. The molecule has 0 aliphatic heterocycles. The van der Waals surface area contributed by atoms with E-state index in [-0.39, 0.29) is 29.6 Å². The molecule has 0 aliphatic rings. The van der Waals surface area contributed by atoms with Crippen LogP contribution >= 0.6 is 0 Å². The highest BCUT2D eigenvalue weighted by Crippen LogP contribution is 2.26. The molecule has 1 heterocycles. The Morgan fingerprint density at radius 1 is 1.20 bits per heavy atom. The van der Waals surface area contributed by atoms with E-state index in [0.29, 0.717) is 5.56 Å². The third-order valence-corrected chi connectivity index (χ3v) is 5.18. The number of carbonyl (C=O) groups is 1. The van der Waals surface area contributed by atoms with Gasteiger partial charge in [-0.1, -0.05) is 0 Å². The Bertz CT molecular complexity index is 852. The number of sulfonamides is 1. The summed E-state index contributed by atoms with van der Waals surface area (Å²) in [6, 6.07) is 6.55. The number of ether oxygens (including phenoxy) is 1. The van der Waals surface area contributed by atoms with E-state index in [9.17, 15) is 13.2 Å². The number of carbonyl (C=O) groups excluding carboxylic acids is 1. The lowest BCUT2D eigenvalue weighted by Crippen LogP contribution is -2.34. The summed E-state index contributed by atoms with van der Waals surface area (Å²) < 4.78 is 32.6. The van der Waals surface area contributed by atoms with Crippen molar-refractivity contribution in [1.29, 1.82) is 0 Å². The maximum Gasteiger partial charge on any atom is 0.252 e. The van der Waals surface area contributed by atoms with Crippen molar-refractivity contribution in [3.8, 4) is 5.75 Å². The van der Waals surface area contributed by atoms with Crippen LogP contribution in [-0.2, 0) is 10.0 Å². The molecule has 8 heteroatoms. The number of amides is 1. The van der Waals surface area contributed by atoms with Gasteiger partial charge in [-0.25, -0.2) is 13.1 Å². The molecule has 0 fully saturated rings. The van der Waals surface area contributed by atoms with Crippen molar-refractivity contribution in [2.45, 2.75) is 18.7 Å². The van der Waals surface area contributed by atoms with Gasteiger partial charge < -0.3 is 10.1 Å². The largest absolute Gasteiger partial charge is 0.495 e. The fourth-order valence-corrected chi connectivity index (χ4v) is 3.44. The highest BCUT2D eigenvalue weighted by molar-refractivity contribution is 7.89. The second-order valence-electron chi connectivity index (χ2n) is 5.48. The first-order chi connectivity index (χ1) is 11.8. The molecular formula is C17H21N3O4S. The van der Waals surface area contributed by atoms with E-state index in [1.807, 2.05) is 13.8 Å². The van der Waals surface area contributed by atoms with Gasteiger partial charge in [0, 0.05) is 25.5 Å². The van der Waals surface area contributed by atoms with Crippen LogP contribution in [0.25, 0.3) is 0 Å². The Morgan fingerprint density at radius 3 is 2.56 bits per heavy atom. The summed E-state index contributed by atoms with van der Waals surface area (Å²) in [5.41, 5.74) is 2.21. The number of nitrogens with one attached hydrogen (secondary N) is 2. The molecule has 0 saturated carbocycles. The predicted molar refractivity (Wildman–Crippen MR) is 94.2 cm³/mol. The molecule has 2 aromatic rings. The minimum absolute atomic E-state index is 0.0599. The van der Waals surface area contributed by atoms with Crippen molar-refractivity contribution in [2.75, 3.05) is 20.2 Å². The van der Waals surface area contributed by atoms with E-state index in [2.05, 4.69) is 15.0 Å². The van der Waals surface area contributed by atoms with Crippen LogP contribution in [-0.4, -0.2) is 39.5 Å². The third-order valence-electron chi connectivity index (χ3n) is 3.70. The van der Waals surface area contributed by atoms with Crippen LogP contribution in [0.3, 0.4) is 0 Å². The molecule has 0 spiro atoms. The highest BCUT2D eigenvalue weighted by Gasteiger charge is 2.20. The molecule has 2 rings (SSSR count). The first kappa shape index (κ1) is 18.9. The highest BCUT2D eigenvalue weighted by atomic mass is 32.2. The second kappa shape index (κ2) is 8.09. The van der Waals surface area contributed by atoms with Gasteiger partial charge in [0.15, 0.2) is 0 Å². The van der Waals surface area contributed by atoms with Gasteiger partial charge in [0.25, 0.3) is 5.91 Å². The lowest BCUT2D eigenvalue weighted by Gasteiger charge is -2.13. The Balaban J connectivity index is 1.98. The van der Waals surface area contributed by atoms with Crippen LogP contribution in [0, 0.1) is 13.8 Å². The average molecular weight is 363 g/mol. The summed E-state index contributed by atoms with van der Waals surface area (Å²) in [6.07, 6.45) is 3.02. The Labute approximate surface area is 147 Å². The Morgan fingerprint density at radius 2 is 1.92 bits per heavy atom. The monoisotopic (exact) mass is 363 g/mol. The summed E-state index contributed by atoms with van der Waals surface area (Å²) in [5, 5.41) is 2.63. The van der Waals surface area contributed by atoms with E-state index in [4.69, 9.17) is 4.74 Å². The van der Waals surface area contributed by atoms with E-state index in [1.54, 1.807) is 30.5 Å². The molecule has 1 aromatic carbocycles. The van der Waals surface area contributed by atoms with Gasteiger partial charge in [-0.2, -0.15) is 0 Å². The lowest BCUT2D eigenvalue weighted by molar-refractivity contribution is 0.0954. The normalized spacial score (nSPS) is 11.2. The average Bonchev–Trinajstić information content (AvgIpc) is 2.61. The number of aromatic nitrogens is 1. The van der Waals surface area contributed by atoms with E-state index >= 15 is 0 Å². The van der Waals surface area contributed by atoms with Crippen LogP contribution in [0.4, 0.5) is 0 Å². The Kier molecular flexibility index (Phi) is 6.11. The molecule has 1 aromatic heterocycles. The summed E-state index contributed by atoms with van der Waals surface area (Å²) >= 11 is 0. The second-order valence-corrected chi connectivity index (χ2v) is 7.22. The third kappa shape index (κ3) is 4.77. The molecule has 2 N–H and O–H groups in total. The van der Waals surface area contributed by atoms with Gasteiger partial charge in [-0.15, -0.1) is 0 Å². The Hall–Kier alpha value is -2.45. The van der Waals surface area contributed by atoms with Gasteiger partial charge in [-0.3, -0.25) is 9.78 Å². The predicted octanol–water partition coefficient (Wildman–Crippen LogP) is 1.42. The van der Waals surface area contributed by atoms with Gasteiger partial charge in [0.1, 0.15) is 10.6 Å². The molecule has 1 amide bonds. The molecule has 0 radical (unpaired) electrons. The standard InChI is InChI=1S/C17H21N3O4S/c1-12-9-15(24-3)16(10-13(12)2)25(22,23)20-8-7-19-17(21)14-5-4-6-18-11-14/h4-6,9-11,20H,7-8H2,1-3H3,(H,19,21). The van der Waals surface area contributed by atoms with Crippen molar-refractivity contribution in [3.05, 3.63) is 53.3 Å². The van der Waals surface area contributed by atoms with Crippen molar-refractivity contribution in [2.24, 2.45) is 0 Å². The van der Waals surface area contributed by atoms with Gasteiger partial charge in [-0.05, 0) is 49.2 Å².